The van der Waals surface area contributed by atoms with Crippen LogP contribution in [0, 0.1) is 0 Å². The summed E-state index contributed by atoms with van der Waals surface area (Å²) in [5.74, 6) is 1.81. The van der Waals surface area contributed by atoms with Crippen molar-refractivity contribution < 1.29 is 4.74 Å². The van der Waals surface area contributed by atoms with E-state index in [1.807, 2.05) is 0 Å². The van der Waals surface area contributed by atoms with Crippen LogP contribution in [0.1, 0.15) is 22.3 Å². The zero-order valence-electron chi connectivity index (χ0n) is 28.8. The molecule has 0 unspecified atom stereocenters. The van der Waals surface area contributed by atoms with E-state index in [0.29, 0.717) is 0 Å². The summed E-state index contributed by atoms with van der Waals surface area (Å²) in [6.07, 6.45) is 0. The molecule has 0 saturated heterocycles. The minimum atomic E-state index is -0.535. The fourth-order valence-electron chi connectivity index (χ4n) is 9.66. The van der Waals surface area contributed by atoms with Crippen molar-refractivity contribution in [1.82, 2.24) is 4.57 Å². The van der Waals surface area contributed by atoms with Gasteiger partial charge in [-0.2, -0.15) is 0 Å². The molecule has 2 heterocycles. The molecule has 2 nitrogen and oxygen atoms in total. The Kier molecular flexibility index (Phi) is 5.73. The van der Waals surface area contributed by atoms with Crippen LogP contribution in [0.5, 0.6) is 11.5 Å². The Morgan fingerprint density at radius 1 is 0.377 bits per heavy atom. The van der Waals surface area contributed by atoms with Crippen molar-refractivity contribution in [3.8, 4) is 39.4 Å². The Morgan fingerprint density at radius 2 is 0.981 bits per heavy atom. The molecule has 1 aliphatic carbocycles. The first-order valence-corrected chi connectivity index (χ1v) is 18.3. The Labute approximate surface area is 306 Å². The van der Waals surface area contributed by atoms with Crippen LogP contribution in [-0.2, 0) is 5.41 Å². The van der Waals surface area contributed by atoms with Crippen LogP contribution in [-0.4, -0.2) is 4.57 Å². The van der Waals surface area contributed by atoms with Crippen molar-refractivity contribution in [3.63, 3.8) is 0 Å². The van der Waals surface area contributed by atoms with E-state index in [1.165, 1.54) is 82.3 Å². The van der Waals surface area contributed by atoms with Gasteiger partial charge in [0.2, 0.25) is 0 Å². The first-order chi connectivity index (χ1) is 26.3. The maximum atomic E-state index is 6.94. The van der Waals surface area contributed by atoms with E-state index >= 15 is 0 Å². The van der Waals surface area contributed by atoms with Crippen LogP contribution in [0.25, 0.3) is 71.3 Å². The molecular weight excluding hydrogens is 643 g/mol. The molecule has 0 fully saturated rings. The van der Waals surface area contributed by atoms with E-state index < -0.39 is 5.41 Å². The summed E-state index contributed by atoms with van der Waals surface area (Å²) in [4.78, 5) is 0. The van der Waals surface area contributed by atoms with Gasteiger partial charge in [0.15, 0.2) is 0 Å². The Morgan fingerprint density at radius 3 is 1.75 bits per heavy atom. The first kappa shape index (κ1) is 28.8. The summed E-state index contributed by atoms with van der Waals surface area (Å²) < 4.78 is 9.43. The highest BCUT2D eigenvalue weighted by Crippen LogP contribution is 2.62. The van der Waals surface area contributed by atoms with Crippen molar-refractivity contribution in [1.29, 1.82) is 0 Å². The molecule has 9 aromatic carbocycles. The van der Waals surface area contributed by atoms with Gasteiger partial charge in [0.25, 0.3) is 0 Å². The molecule has 1 spiro atoms. The highest BCUT2D eigenvalue weighted by Gasteiger charge is 2.51. The fourth-order valence-corrected chi connectivity index (χ4v) is 9.66. The lowest BCUT2D eigenvalue weighted by atomic mass is 9.66. The summed E-state index contributed by atoms with van der Waals surface area (Å²) >= 11 is 0. The Bertz CT molecular complexity index is 3100. The second kappa shape index (κ2) is 10.6. The van der Waals surface area contributed by atoms with Gasteiger partial charge in [-0.15, -0.1) is 0 Å². The van der Waals surface area contributed by atoms with Gasteiger partial charge in [-0.1, -0.05) is 158 Å². The second-order valence-corrected chi connectivity index (χ2v) is 14.4. The molecule has 53 heavy (non-hydrogen) atoms. The average molecular weight is 674 g/mol. The van der Waals surface area contributed by atoms with Gasteiger partial charge in [-0.3, -0.25) is 0 Å². The molecule has 2 heteroatoms. The highest BCUT2D eigenvalue weighted by molar-refractivity contribution is 6.19. The van der Waals surface area contributed by atoms with Gasteiger partial charge in [-0.25, -0.2) is 0 Å². The molecule has 246 valence electrons. The van der Waals surface area contributed by atoms with E-state index in [2.05, 4.69) is 193 Å². The molecule has 0 saturated carbocycles. The summed E-state index contributed by atoms with van der Waals surface area (Å²) in [5.41, 5.74) is 12.9. The fraction of sp³-hybridized carbons (Fsp3) is 0.0196. The van der Waals surface area contributed by atoms with Crippen LogP contribution in [0.15, 0.2) is 188 Å². The van der Waals surface area contributed by atoms with E-state index in [4.69, 9.17) is 4.74 Å². The number of aromatic nitrogens is 1. The number of hydrogen-bond donors (Lipinski definition) is 0. The number of fused-ring (bicyclic) bond motifs is 15. The van der Waals surface area contributed by atoms with Crippen molar-refractivity contribution >= 4 is 43.4 Å². The van der Waals surface area contributed by atoms with Gasteiger partial charge in [0.1, 0.15) is 11.5 Å². The van der Waals surface area contributed by atoms with Crippen LogP contribution in [0.2, 0.25) is 0 Å². The molecule has 12 rings (SSSR count). The SMILES string of the molecule is c1ccc2c(c1)Oc1cc3c4ccc5ccccc5c4n(-c4ccc(-c5cccc6ccccc56)cc4)c3cc1C21c2ccccc2-c2ccccc21. The smallest absolute Gasteiger partial charge is 0.133 e. The molecule has 1 aliphatic heterocycles. The van der Waals surface area contributed by atoms with Crippen molar-refractivity contribution in [3.05, 3.63) is 210 Å². The monoisotopic (exact) mass is 673 g/mol. The lowest BCUT2D eigenvalue weighted by Gasteiger charge is -2.39. The molecule has 0 atom stereocenters. The molecule has 0 bridgehead atoms. The maximum Gasteiger partial charge on any atom is 0.133 e. The minimum absolute atomic E-state index is 0.535. The molecule has 2 aliphatic rings. The Balaban J connectivity index is 1.19. The van der Waals surface area contributed by atoms with Gasteiger partial charge >= 0.3 is 0 Å². The quantitative estimate of drug-likeness (QED) is 0.178. The predicted molar refractivity (Wildman–Crippen MR) is 219 cm³/mol. The number of ether oxygens (including phenoxy) is 1. The van der Waals surface area contributed by atoms with Gasteiger partial charge < -0.3 is 9.30 Å². The summed E-state index contributed by atoms with van der Waals surface area (Å²) in [7, 11) is 0. The molecular formula is C51H31NO. The molecule has 0 N–H and O–H groups in total. The number of benzene rings is 9. The predicted octanol–water partition coefficient (Wildman–Crippen LogP) is 13.2. The largest absolute Gasteiger partial charge is 0.457 e. The molecule has 0 amide bonds. The zero-order chi connectivity index (χ0) is 34.7. The standard InChI is InChI=1S/C51H31NO/c1-3-15-36-32(12-1)14-11-19-37(36)34-24-27-35(28-25-34)52-47-31-46-49(30-42(47)41-29-26-33-13-2-4-16-38(33)50(41)52)53-48-23-10-9-22-45(48)51(46)43-20-7-5-17-39(43)40-18-6-8-21-44(40)51/h1-31H. The van der Waals surface area contributed by atoms with Crippen molar-refractivity contribution in [2.75, 3.05) is 0 Å². The van der Waals surface area contributed by atoms with Gasteiger partial charge in [0.05, 0.1) is 16.4 Å². The molecule has 10 aromatic rings. The summed E-state index contributed by atoms with van der Waals surface area (Å²) in [6, 6.07) is 68.9. The topological polar surface area (TPSA) is 14.2 Å². The third-order valence-electron chi connectivity index (χ3n) is 11.8. The third kappa shape index (κ3) is 3.77. The lowest BCUT2D eigenvalue weighted by molar-refractivity contribution is 0.437. The van der Waals surface area contributed by atoms with E-state index in [-0.39, 0.29) is 0 Å². The third-order valence-corrected chi connectivity index (χ3v) is 11.8. The normalized spacial score (nSPS) is 13.6. The second-order valence-electron chi connectivity index (χ2n) is 14.4. The van der Waals surface area contributed by atoms with Crippen LogP contribution in [0.3, 0.4) is 0 Å². The Hall–Kier alpha value is -6.90. The van der Waals surface area contributed by atoms with E-state index in [0.717, 1.165) is 22.7 Å². The lowest BCUT2D eigenvalue weighted by Crippen LogP contribution is -2.32. The van der Waals surface area contributed by atoms with Gasteiger partial charge in [-0.05, 0) is 79.9 Å². The highest BCUT2D eigenvalue weighted by atomic mass is 16.5. The number of para-hydroxylation sites is 1. The van der Waals surface area contributed by atoms with Crippen LogP contribution in [0.4, 0.5) is 0 Å². The number of rotatable bonds is 2. The molecule has 0 radical (unpaired) electrons. The number of nitrogens with zero attached hydrogens (tertiary/aromatic N) is 1. The van der Waals surface area contributed by atoms with E-state index in [1.54, 1.807) is 0 Å². The number of hydrogen-bond acceptors (Lipinski definition) is 1. The minimum Gasteiger partial charge on any atom is -0.457 e. The molecule has 1 aromatic heterocycles. The van der Waals surface area contributed by atoms with Crippen LogP contribution >= 0.6 is 0 Å². The maximum absolute atomic E-state index is 6.94. The zero-order valence-corrected chi connectivity index (χ0v) is 28.8. The first-order valence-electron chi connectivity index (χ1n) is 18.3. The van der Waals surface area contributed by atoms with E-state index in [9.17, 15) is 0 Å². The average Bonchev–Trinajstić information content (AvgIpc) is 3.71. The van der Waals surface area contributed by atoms with Crippen molar-refractivity contribution in [2.45, 2.75) is 5.41 Å². The summed E-state index contributed by atoms with van der Waals surface area (Å²) in [6.45, 7) is 0. The summed E-state index contributed by atoms with van der Waals surface area (Å²) in [5, 5.41) is 7.35. The van der Waals surface area contributed by atoms with Crippen molar-refractivity contribution in [2.24, 2.45) is 0 Å². The van der Waals surface area contributed by atoms with Gasteiger partial charge in [0, 0.05) is 33.0 Å². The van der Waals surface area contributed by atoms with Crippen LogP contribution < -0.4 is 4.74 Å².